The Hall–Kier alpha value is -1.71. The van der Waals surface area contributed by atoms with Crippen LogP contribution in [0.1, 0.15) is 36.5 Å². The number of hydrogen-bond donors (Lipinski definition) is 2. The van der Waals surface area contributed by atoms with Gasteiger partial charge in [-0.3, -0.25) is 4.79 Å². The highest BCUT2D eigenvalue weighted by Crippen LogP contribution is 2.27. The van der Waals surface area contributed by atoms with Gasteiger partial charge < -0.3 is 16.4 Å². The van der Waals surface area contributed by atoms with Crippen molar-refractivity contribution in [1.29, 1.82) is 0 Å². The molecule has 0 bridgehead atoms. The number of amides is 1. The zero-order chi connectivity index (χ0) is 13.1. The second kappa shape index (κ2) is 5.29. The molecule has 2 rings (SSSR count). The lowest BCUT2D eigenvalue weighted by molar-refractivity contribution is 0.100. The van der Waals surface area contributed by atoms with Crippen LogP contribution in [0.4, 0.5) is 11.4 Å². The molecule has 1 fully saturated rings. The predicted octanol–water partition coefficient (Wildman–Crippen LogP) is 1.99. The minimum Gasteiger partial charge on any atom is -0.399 e. The summed E-state index contributed by atoms with van der Waals surface area (Å²) >= 11 is 0. The Labute approximate surface area is 108 Å². The lowest BCUT2D eigenvalue weighted by atomic mass is 10.0. The largest absolute Gasteiger partial charge is 0.399 e. The Morgan fingerprint density at radius 3 is 2.83 bits per heavy atom. The lowest BCUT2D eigenvalue weighted by Gasteiger charge is -2.25. The van der Waals surface area contributed by atoms with Crippen molar-refractivity contribution >= 4 is 17.3 Å². The summed E-state index contributed by atoms with van der Waals surface area (Å²) < 4.78 is 0. The molecule has 4 nitrogen and oxygen atoms in total. The van der Waals surface area contributed by atoms with E-state index in [0.717, 1.165) is 37.5 Å². The number of anilines is 2. The SMILES string of the molecule is CC1CCCN(c2cc(N)ccc2C(N)=O)CC1. The van der Waals surface area contributed by atoms with Gasteiger partial charge in [0.1, 0.15) is 0 Å². The number of nitrogens with two attached hydrogens (primary N) is 2. The van der Waals surface area contributed by atoms with E-state index in [9.17, 15) is 4.79 Å². The highest BCUT2D eigenvalue weighted by atomic mass is 16.1. The van der Waals surface area contributed by atoms with Crippen molar-refractivity contribution in [1.82, 2.24) is 0 Å². The number of carbonyl (C=O) groups excluding carboxylic acids is 1. The van der Waals surface area contributed by atoms with E-state index >= 15 is 0 Å². The quantitative estimate of drug-likeness (QED) is 0.785. The van der Waals surface area contributed by atoms with Gasteiger partial charge >= 0.3 is 0 Å². The van der Waals surface area contributed by atoms with Crippen LogP contribution < -0.4 is 16.4 Å². The van der Waals surface area contributed by atoms with E-state index in [-0.39, 0.29) is 5.91 Å². The van der Waals surface area contributed by atoms with E-state index in [0.29, 0.717) is 11.3 Å². The van der Waals surface area contributed by atoms with Crippen molar-refractivity contribution < 1.29 is 4.79 Å². The third-order valence-corrected chi connectivity index (χ3v) is 3.64. The first kappa shape index (κ1) is 12.7. The summed E-state index contributed by atoms with van der Waals surface area (Å²) in [5.74, 6) is 0.357. The molecule has 0 radical (unpaired) electrons. The van der Waals surface area contributed by atoms with Crippen LogP contribution in [-0.4, -0.2) is 19.0 Å². The topological polar surface area (TPSA) is 72.3 Å². The van der Waals surface area contributed by atoms with Crippen molar-refractivity contribution in [3.63, 3.8) is 0 Å². The molecule has 1 heterocycles. The van der Waals surface area contributed by atoms with Gasteiger partial charge in [0.25, 0.3) is 5.91 Å². The van der Waals surface area contributed by atoms with Crippen molar-refractivity contribution in [3.8, 4) is 0 Å². The molecule has 0 aliphatic carbocycles. The minimum atomic E-state index is -0.387. The van der Waals surface area contributed by atoms with E-state index < -0.39 is 0 Å². The summed E-state index contributed by atoms with van der Waals surface area (Å²) in [4.78, 5) is 13.7. The molecule has 0 saturated carbocycles. The van der Waals surface area contributed by atoms with Crippen molar-refractivity contribution in [2.45, 2.75) is 26.2 Å². The van der Waals surface area contributed by atoms with E-state index in [2.05, 4.69) is 11.8 Å². The number of nitrogens with zero attached hydrogens (tertiary/aromatic N) is 1. The summed E-state index contributed by atoms with van der Waals surface area (Å²) in [6.07, 6.45) is 3.53. The van der Waals surface area contributed by atoms with Gasteiger partial charge in [0.15, 0.2) is 0 Å². The molecule has 98 valence electrons. The highest BCUT2D eigenvalue weighted by Gasteiger charge is 2.18. The zero-order valence-corrected chi connectivity index (χ0v) is 10.9. The first-order valence-electron chi connectivity index (χ1n) is 6.52. The van der Waals surface area contributed by atoms with E-state index in [1.807, 2.05) is 6.07 Å². The van der Waals surface area contributed by atoms with Crippen LogP contribution in [-0.2, 0) is 0 Å². The Kier molecular flexibility index (Phi) is 3.75. The Morgan fingerprint density at radius 2 is 2.11 bits per heavy atom. The maximum absolute atomic E-state index is 11.5. The number of benzene rings is 1. The summed E-state index contributed by atoms with van der Waals surface area (Å²) in [6, 6.07) is 5.31. The molecule has 1 unspecified atom stereocenters. The smallest absolute Gasteiger partial charge is 0.250 e. The molecule has 1 aliphatic rings. The molecule has 0 aromatic heterocycles. The van der Waals surface area contributed by atoms with Gasteiger partial charge in [0.2, 0.25) is 0 Å². The fraction of sp³-hybridized carbons (Fsp3) is 0.500. The molecular formula is C14H21N3O. The molecule has 1 amide bonds. The maximum Gasteiger partial charge on any atom is 0.250 e. The van der Waals surface area contributed by atoms with Gasteiger partial charge in [-0.2, -0.15) is 0 Å². The predicted molar refractivity (Wildman–Crippen MR) is 74.6 cm³/mol. The minimum absolute atomic E-state index is 0.387. The average Bonchev–Trinajstić information content (AvgIpc) is 2.53. The highest BCUT2D eigenvalue weighted by molar-refractivity contribution is 5.99. The normalized spacial score (nSPS) is 20.5. The molecule has 1 aliphatic heterocycles. The zero-order valence-electron chi connectivity index (χ0n) is 10.9. The van der Waals surface area contributed by atoms with Gasteiger partial charge in [0.05, 0.1) is 11.3 Å². The Bertz CT molecular complexity index is 445. The summed E-state index contributed by atoms with van der Waals surface area (Å²) in [5, 5.41) is 0. The second-order valence-corrected chi connectivity index (χ2v) is 5.16. The van der Waals surface area contributed by atoms with E-state index in [4.69, 9.17) is 11.5 Å². The van der Waals surface area contributed by atoms with Crippen LogP contribution in [0.15, 0.2) is 18.2 Å². The second-order valence-electron chi connectivity index (χ2n) is 5.16. The maximum atomic E-state index is 11.5. The van der Waals surface area contributed by atoms with Crippen LogP contribution in [0.5, 0.6) is 0 Å². The first-order chi connectivity index (χ1) is 8.58. The fourth-order valence-corrected chi connectivity index (χ4v) is 2.52. The third kappa shape index (κ3) is 2.75. The Morgan fingerprint density at radius 1 is 1.33 bits per heavy atom. The number of primary amides is 1. The fourth-order valence-electron chi connectivity index (χ4n) is 2.52. The number of hydrogen-bond acceptors (Lipinski definition) is 3. The molecular weight excluding hydrogens is 226 g/mol. The summed E-state index contributed by atoms with van der Waals surface area (Å²) in [7, 11) is 0. The number of nitrogen functional groups attached to an aromatic ring is 1. The molecule has 1 saturated heterocycles. The first-order valence-corrected chi connectivity index (χ1v) is 6.52. The Balaban J connectivity index is 2.30. The summed E-state index contributed by atoms with van der Waals surface area (Å²) in [5.41, 5.74) is 13.4. The van der Waals surface area contributed by atoms with Crippen LogP contribution in [0.3, 0.4) is 0 Å². The van der Waals surface area contributed by atoms with Crippen molar-refractivity contribution in [2.24, 2.45) is 11.7 Å². The van der Waals surface area contributed by atoms with Crippen LogP contribution in [0, 0.1) is 5.92 Å². The molecule has 1 aromatic rings. The van der Waals surface area contributed by atoms with Crippen LogP contribution >= 0.6 is 0 Å². The van der Waals surface area contributed by atoms with Gasteiger partial charge in [-0.15, -0.1) is 0 Å². The van der Waals surface area contributed by atoms with Gasteiger partial charge in [-0.25, -0.2) is 0 Å². The van der Waals surface area contributed by atoms with Crippen molar-refractivity contribution in [3.05, 3.63) is 23.8 Å². The molecule has 1 atom stereocenters. The van der Waals surface area contributed by atoms with E-state index in [1.165, 1.54) is 6.42 Å². The molecule has 1 aromatic carbocycles. The lowest BCUT2D eigenvalue weighted by Crippen LogP contribution is -2.27. The molecule has 18 heavy (non-hydrogen) atoms. The third-order valence-electron chi connectivity index (χ3n) is 3.64. The van der Waals surface area contributed by atoms with Gasteiger partial charge in [-0.05, 0) is 43.4 Å². The van der Waals surface area contributed by atoms with E-state index in [1.54, 1.807) is 12.1 Å². The monoisotopic (exact) mass is 247 g/mol. The van der Waals surface area contributed by atoms with Crippen LogP contribution in [0.25, 0.3) is 0 Å². The number of carbonyl (C=O) groups is 1. The van der Waals surface area contributed by atoms with Gasteiger partial charge in [-0.1, -0.05) is 6.92 Å². The summed E-state index contributed by atoms with van der Waals surface area (Å²) in [6.45, 7) is 4.21. The average molecular weight is 247 g/mol. The molecule has 4 N–H and O–H groups in total. The van der Waals surface area contributed by atoms with Crippen molar-refractivity contribution in [2.75, 3.05) is 23.7 Å². The van der Waals surface area contributed by atoms with Gasteiger partial charge in [0, 0.05) is 18.8 Å². The molecule has 0 spiro atoms. The molecule has 4 heteroatoms. The van der Waals surface area contributed by atoms with Crippen LogP contribution in [0.2, 0.25) is 0 Å². The number of rotatable bonds is 2. The standard InChI is InChI=1S/C14H21N3O/c1-10-3-2-7-17(8-6-10)13-9-11(15)4-5-12(13)14(16)18/h4-5,9-10H,2-3,6-8,15H2,1H3,(H2,16,18).